The van der Waals surface area contributed by atoms with E-state index in [2.05, 4.69) is 4.72 Å². The van der Waals surface area contributed by atoms with Crippen LogP contribution in [0.2, 0.25) is 0 Å². The molecule has 7 heteroatoms. The third-order valence-electron chi connectivity index (χ3n) is 5.48. The van der Waals surface area contributed by atoms with Crippen LogP contribution in [0, 0.1) is 12.3 Å². The number of aromatic nitrogens is 1. The van der Waals surface area contributed by atoms with Gasteiger partial charge in [0.05, 0.1) is 16.1 Å². The second-order valence-electron chi connectivity index (χ2n) is 9.31. The number of carbonyl (C=O) groups excluding carboxylic acids is 1. The largest absolute Gasteiger partial charge is 0.488 e. The van der Waals surface area contributed by atoms with E-state index < -0.39 is 15.4 Å². The Morgan fingerprint density at radius 3 is 2.26 bits per heavy atom. The topological polar surface area (TPSA) is 77.4 Å². The van der Waals surface area contributed by atoms with Crippen LogP contribution in [0.5, 0.6) is 5.75 Å². The van der Waals surface area contributed by atoms with E-state index in [0.29, 0.717) is 28.9 Å². The number of hydrogen-bond donors (Lipinski definition) is 1. The molecule has 0 bridgehead atoms. The van der Waals surface area contributed by atoms with Gasteiger partial charge in [-0.1, -0.05) is 68.8 Å². The van der Waals surface area contributed by atoms with E-state index in [9.17, 15) is 13.2 Å². The maximum absolute atomic E-state index is 13.2. The zero-order chi connectivity index (χ0) is 24.5. The van der Waals surface area contributed by atoms with Gasteiger partial charge in [-0.2, -0.15) is 0 Å². The first-order chi connectivity index (χ1) is 16.1. The van der Waals surface area contributed by atoms with Crippen LogP contribution in [0.25, 0.3) is 10.9 Å². The van der Waals surface area contributed by atoms with E-state index in [-0.39, 0.29) is 10.8 Å². The first kappa shape index (κ1) is 23.6. The average Bonchev–Trinajstić information content (AvgIpc) is 3.24. The minimum Gasteiger partial charge on any atom is -0.488 e. The molecule has 0 aliphatic heterocycles. The predicted octanol–water partition coefficient (Wildman–Crippen LogP) is 6.02. The quantitative estimate of drug-likeness (QED) is 0.369. The molecule has 1 N–H and O–H groups in total. The van der Waals surface area contributed by atoms with Crippen LogP contribution in [0.3, 0.4) is 0 Å². The summed E-state index contributed by atoms with van der Waals surface area (Å²) in [5.41, 5.74) is 2.07. The number of carbonyl (C=O) groups is 1. The summed E-state index contributed by atoms with van der Waals surface area (Å²) in [7, 11) is -3.86. The molecule has 3 aromatic carbocycles. The highest BCUT2D eigenvalue weighted by Gasteiger charge is 2.27. The Hall–Kier alpha value is -3.58. The number of hydrogen-bond acceptors (Lipinski definition) is 4. The molecule has 34 heavy (non-hydrogen) atoms. The molecular formula is C27H28N2O4S. The van der Waals surface area contributed by atoms with Gasteiger partial charge in [-0.15, -0.1) is 0 Å². The molecule has 1 heterocycles. The molecule has 6 nitrogen and oxygen atoms in total. The number of sulfonamides is 1. The Balaban J connectivity index is 1.78. The third-order valence-corrected chi connectivity index (χ3v) is 6.86. The van der Waals surface area contributed by atoms with Crippen molar-refractivity contribution in [1.82, 2.24) is 4.57 Å². The lowest BCUT2D eigenvalue weighted by atomic mass is 9.95. The van der Waals surface area contributed by atoms with Gasteiger partial charge in [0.1, 0.15) is 12.4 Å². The molecule has 0 aliphatic carbocycles. The second kappa shape index (κ2) is 8.99. The highest BCUT2D eigenvalue weighted by molar-refractivity contribution is 7.92. The van der Waals surface area contributed by atoms with Crippen molar-refractivity contribution in [2.75, 3.05) is 4.72 Å². The fraction of sp³-hybridized carbons (Fsp3) is 0.222. The van der Waals surface area contributed by atoms with Crippen LogP contribution >= 0.6 is 0 Å². The van der Waals surface area contributed by atoms with Crippen LogP contribution in [-0.4, -0.2) is 18.9 Å². The molecule has 0 saturated carbocycles. The Bertz CT molecular complexity index is 1430. The molecule has 4 rings (SSSR count). The summed E-state index contributed by atoms with van der Waals surface area (Å²) in [4.78, 5) is 13.4. The number of benzene rings is 3. The maximum atomic E-state index is 13.2. The summed E-state index contributed by atoms with van der Waals surface area (Å²) in [6, 6.07) is 21.5. The van der Waals surface area contributed by atoms with Crippen molar-refractivity contribution >= 4 is 32.5 Å². The van der Waals surface area contributed by atoms with Gasteiger partial charge < -0.3 is 4.74 Å². The van der Waals surface area contributed by atoms with E-state index in [1.165, 1.54) is 4.57 Å². The lowest BCUT2D eigenvalue weighted by Gasteiger charge is -2.20. The Labute approximate surface area is 200 Å². The van der Waals surface area contributed by atoms with E-state index >= 15 is 0 Å². The average molecular weight is 477 g/mol. The number of nitrogens with one attached hydrogen (secondary N) is 1. The predicted molar refractivity (Wildman–Crippen MR) is 135 cm³/mol. The summed E-state index contributed by atoms with van der Waals surface area (Å²) >= 11 is 0. The van der Waals surface area contributed by atoms with Crippen molar-refractivity contribution < 1.29 is 17.9 Å². The summed E-state index contributed by atoms with van der Waals surface area (Å²) in [6.45, 7) is 7.72. The summed E-state index contributed by atoms with van der Waals surface area (Å²) in [5.74, 6) is 0.413. The van der Waals surface area contributed by atoms with Crippen LogP contribution in [-0.2, 0) is 16.6 Å². The SMILES string of the molecule is Cc1ccc(S(=O)(=O)Nc2ccc(OCc3ccccc3)c3ccn(C(=O)C(C)(C)C)c23)cc1. The summed E-state index contributed by atoms with van der Waals surface area (Å²) in [6.07, 6.45) is 1.66. The van der Waals surface area contributed by atoms with E-state index in [1.54, 1.807) is 48.7 Å². The molecule has 0 aliphatic rings. The lowest BCUT2D eigenvalue weighted by molar-refractivity contribution is 0.0773. The first-order valence-corrected chi connectivity index (χ1v) is 12.5. The van der Waals surface area contributed by atoms with Gasteiger partial charge >= 0.3 is 0 Å². The van der Waals surface area contributed by atoms with Gasteiger partial charge in [-0.05, 0) is 42.8 Å². The fourth-order valence-electron chi connectivity index (χ4n) is 3.63. The van der Waals surface area contributed by atoms with Crippen molar-refractivity contribution in [3.8, 4) is 5.75 Å². The zero-order valence-corrected chi connectivity index (χ0v) is 20.5. The summed E-state index contributed by atoms with van der Waals surface area (Å²) in [5, 5.41) is 0.651. The van der Waals surface area contributed by atoms with Crippen molar-refractivity contribution in [1.29, 1.82) is 0 Å². The Morgan fingerprint density at radius 2 is 1.62 bits per heavy atom. The second-order valence-corrected chi connectivity index (χ2v) is 11.0. The summed E-state index contributed by atoms with van der Waals surface area (Å²) < 4.78 is 36.5. The number of fused-ring (bicyclic) bond motifs is 1. The van der Waals surface area contributed by atoms with E-state index in [1.807, 2.05) is 58.0 Å². The van der Waals surface area contributed by atoms with Crippen LogP contribution in [0.15, 0.2) is 83.9 Å². The highest BCUT2D eigenvalue weighted by atomic mass is 32.2. The molecule has 4 aromatic rings. The molecule has 0 saturated heterocycles. The van der Waals surface area contributed by atoms with Gasteiger partial charge in [0, 0.05) is 17.0 Å². The standard InChI is InChI=1S/C27H28N2O4S/c1-19-10-12-21(13-11-19)34(31,32)28-23-14-15-24(33-18-20-8-6-5-7-9-20)22-16-17-29(25(22)23)26(30)27(2,3)4/h5-17,28H,18H2,1-4H3. The molecule has 0 atom stereocenters. The van der Waals surface area contributed by atoms with E-state index in [0.717, 1.165) is 11.1 Å². The van der Waals surface area contributed by atoms with Crippen LogP contribution in [0.1, 0.15) is 36.7 Å². The molecule has 0 fully saturated rings. The molecule has 176 valence electrons. The third kappa shape index (κ3) is 4.84. The number of ether oxygens (including phenoxy) is 1. The zero-order valence-electron chi connectivity index (χ0n) is 19.7. The molecule has 0 radical (unpaired) electrons. The maximum Gasteiger partial charge on any atom is 0.261 e. The number of anilines is 1. The Morgan fingerprint density at radius 1 is 0.941 bits per heavy atom. The van der Waals surface area contributed by atoms with Crippen molar-refractivity contribution in [2.24, 2.45) is 5.41 Å². The number of aryl methyl sites for hydroxylation is 1. The smallest absolute Gasteiger partial charge is 0.261 e. The van der Waals surface area contributed by atoms with Crippen LogP contribution < -0.4 is 9.46 Å². The monoisotopic (exact) mass is 476 g/mol. The van der Waals surface area contributed by atoms with Crippen molar-refractivity contribution in [2.45, 2.75) is 39.2 Å². The Kier molecular flexibility index (Phi) is 6.23. The minimum absolute atomic E-state index is 0.149. The van der Waals surface area contributed by atoms with Gasteiger partial charge in [0.25, 0.3) is 10.0 Å². The van der Waals surface area contributed by atoms with Gasteiger partial charge in [0.15, 0.2) is 0 Å². The molecular weight excluding hydrogens is 448 g/mol. The number of rotatable bonds is 6. The van der Waals surface area contributed by atoms with Crippen molar-refractivity contribution in [3.63, 3.8) is 0 Å². The van der Waals surface area contributed by atoms with Gasteiger partial charge in [-0.25, -0.2) is 8.42 Å². The minimum atomic E-state index is -3.86. The first-order valence-electron chi connectivity index (χ1n) is 11.0. The fourth-order valence-corrected chi connectivity index (χ4v) is 4.70. The molecule has 0 unspecified atom stereocenters. The van der Waals surface area contributed by atoms with Gasteiger partial charge in [0.2, 0.25) is 5.91 Å². The molecule has 0 spiro atoms. The lowest BCUT2D eigenvalue weighted by Crippen LogP contribution is -2.26. The van der Waals surface area contributed by atoms with Crippen LogP contribution in [0.4, 0.5) is 5.69 Å². The molecule has 0 amide bonds. The molecule has 1 aromatic heterocycles. The highest BCUT2D eigenvalue weighted by Crippen LogP contribution is 2.36. The number of nitrogens with zero attached hydrogens (tertiary/aromatic N) is 1. The normalized spacial score (nSPS) is 12.0. The van der Waals surface area contributed by atoms with E-state index in [4.69, 9.17) is 4.74 Å². The van der Waals surface area contributed by atoms with Crippen molar-refractivity contribution in [3.05, 3.63) is 90.1 Å². The van der Waals surface area contributed by atoms with Gasteiger partial charge in [-0.3, -0.25) is 14.1 Å².